The molecule has 0 saturated carbocycles. The number of hydrogen-bond donors (Lipinski definition) is 1. The number of carbonyl (C=O) groups excluding carboxylic acids is 1. The molecule has 102 valence electrons. The van der Waals surface area contributed by atoms with Gasteiger partial charge in [-0.15, -0.1) is 0 Å². The van der Waals surface area contributed by atoms with E-state index in [1.165, 1.54) is 6.07 Å². The van der Waals surface area contributed by atoms with Gasteiger partial charge in [0, 0.05) is 30.3 Å². The molecule has 1 atom stereocenters. The Morgan fingerprint density at radius 1 is 1.58 bits per heavy atom. The average molecular weight is 263 g/mol. The number of hydrogen-bond acceptors (Lipinski definition) is 4. The third kappa shape index (κ3) is 2.58. The third-order valence-corrected chi connectivity index (χ3v) is 3.64. The van der Waals surface area contributed by atoms with Gasteiger partial charge in [-0.2, -0.15) is 0 Å². The molecule has 1 aliphatic heterocycles. The van der Waals surface area contributed by atoms with Crippen molar-refractivity contribution in [3.8, 4) is 0 Å². The monoisotopic (exact) mass is 263 g/mol. The molecule has 1 amide bonds. The van der Waals surface area contributed by atoms with E-state index in [0.29, 0.717) is 36.7 Å². The summed E-state index contributed by atoms with van der Waals surface area (Å²) in [5.74, 6) is 0.195. The minimum Gasteiger partial charge on any atom is -0.338 e. The maximum absolute atomic E-state index is 12.4. The van der Waals surface area contributed by atoms with Crippen LogP contribution in [-0.4, -0.2) is 35.4 Å². The van der Waals surface area contributed by atoms with Gasteiger partial charge in [-0.3, -0.25) is 14.9 Å². The van der Waals surface area contributed by atoms with E-state index in [9.17, 15) is 14.9 Å². The lowest BCUT2D eigenvalue weighted by Crippen LogP contribution is -2.30. The Labute approximate surface area is 111 Å². The molecule has 6 heteroatoms. The van der Waals surface area contributed by atoms with E-state index in [-0.39, 0.29) is 11.6 Å². The van der Waals surface area contributed by atoms with E-state index in [0.717, 1.165) is 6.42 Å². The largest absolute Gasteiger partial charge is 0.338 e. The van der Waals surface area contributed by atoms with Crippen LogP contribution in [0, 0.1) is 23.0 Å². The van der Waals surface area contributed by atoms with Crippen LogP contribution in [-0.2, 0) is 0 Å². The zero-order valence-corrected chi connectivity index (χ0v) is 10.8. The molecule has 2 rings (SSSR count). The highest BCUT2D eigenvalue weighted by Gasteiger charge is 2.28. The number of nitrogens with two attached hydrogens (primary N) is 1. The maximum Gasteiger partial charge on any atom is 0.273 e. The summed E-state index contributed by atoms with van der Waals surface area (Å²) >= 11 is 0. The van der Waals surface area contributed by atoms with Crippen LogP contribution in [0.2, 0.25) is 0 Å². The van der Waals surface area contributed by atoms with Gasteiger partial charge in [0.05, 0.1) is 4.92 Å². The Bertz CT molecular complexity index is 516. The van der Waals surface area contributed by atoms with Gasteiger partial charge in [-0.05, 0) is 31.9 Å². The van der Waals surface area contributed by atoms with Crippen LogP contribution in [0.4, 0.5) is 5.69 Å². The van der Waals surface area contributed by atoms with E-state index >= 15 is 0 Å². The van der Waals surface area contributed by atoms with Crippen LogP contribution in [0.15, 0.2) is 18.2 Å². The highest BCUT2D eigenvalue weighted by Crippen LogP contribution is 2.24. The summed E-state index contributed by atoms with van der Waals surface area (Å²) in [4.78, 5) is 24.5. The minimum absolute atomic E-state index is 0.0135. The zero-order valence-electron chi connectivity index (χ0n) is 10.8. The topological polar surface area (TPSA) is 89.5 Å². The summed E-state index contributed by atoms with van der Waals surface area (Å²) in [6.45, 7) is 3.49. The number of nitro groups is 1. The fraction of sp³-hybridized carbons (Fsp3) is 0.462. The Balaban J connectivity index is 2.25. The summed E-state index contributed by atoms with van der Waals surface area (Å²) in [6.07, 6.45) is 0.899. The maximum atomic E-state index is 12.4. The zero-order chi connectivity index (χ0) is 14.0. The average Bonchev–Trinajstić information content (AvgIpc) is 2.86. The molecule has 0 spiro atoms. The Morgan fingerprint density at radius 3 is 2.89 bits per heavy atom. The van der Waals surface area contributed by atoms with Crippen molar-refractivity contribution in [3.63, 3.8) is 0 Å². The smallest absolute Gasteiger partial charge is 0.273 e. The normalized spacial score (nSPS) is 18.6. The van der Waals surface area contributed by atoms with Crippen LogP contribution in [0.3, 0.4) is 0 Å². The summed E-state index contributed by atoms with van der Waals surface area (Å²) in [5, 5.41) is 10.9. The molecule has 1 aromatic carbocycles. The lowest BCUT2D eigenvalue weighted by Gasteiger charge is -2.17. The predicted octanol–water partition coefficient (Wildman–Crippen LogP) is 1.32. The Morgan fingerprint density at radius 2 is 2.32 bits per heavy atom. The van der Waals surface area contributed by atoms with Crippen LogP contribution in [0.5, 0.6) is 0 Å². The van der Waals surface area contributed by atoms with Crippen molar-refractivity contribution in [1.82, 2.24) is 4.90 Å². The second-order valence-corrected chi connectivity index (χ2v) is 4.85. The van der Waals surface area contributed by atoms with Crippen LogP contribution in [0.25, 0.3) is 0 Å². The van der Waals surface area contributed by atoms with Crippen LogP contribution < -0.4 is 5.73 Å². The van der Waals surface area contributed by atoms with Crippen LogP contribution in [0.1, 0.15) is 22.3 Å². The number of benzene rings is 1. The first-order valence-electron chi connectivity index (χ1n) is 6.28. The van der Waals surface area contributed by atoms with E-state index in [1.54, 1.807) is 24.0 Å². The predicted molar refractivity (Wildman–Crippen MR) is 70.9 cm³/mol. The lowest BCUT2D eigenvalue weighted by atomic mass is 10.1. The number of carbonyl (C=O) groups is 1. The van der Waals surface area contributed by atoms with Crippen LogP contribution >= 0.6 is 0 Å². The number of amides is 1. The van der Waals surface area contributed by atoms with Gasteiger partial charge < -0.3 is 10.6 Å². The molecule has 6 nitrogen and oxygen atoms in total. The quantitative estimate of drug-likeness (QED) is 0.658. The molecule has 19 heavy (non-hydrogen) atoms. The summed E-state index contributed by atoms with van der Waals surface area (Å²) < 4.78 is 0. The molecule has 1 aliphatic rings. The molecular formula is C13H17N3O3. The second kappa shape index (κ2) is 5.36. The molecule has 0 aliphatic carbocycles. The van der Waals surface area contributed by atoms with Crippen molar-refractivity contribution >= 4 is 11.6 Å². The van der Waals surface area contributed by atoms with E-state index in [4.69, 9.17) is 5.73 Å². The molecule has 1 aromatic rings. The fourth-order valence-corrected chi connectivity index (χ4v) is 2.43. The minimum atomic E-state index is -0.460. The van der Waals surface area contributed by atoms with E-state index < -0.39 is 4.92 Å². The summed E-state index contributed by atoms with van der Waals surface area (Å²) in [7, 11) is 0. The van der Waals surface area contributed by atoms with Gasteiger partial charge >= 0.3 is 0 Å². The summed E-state index contributed by atoms with van der Waals surface area (Å²) in [6, 6.07) is 4.61. The SMILES string of the molecule is Cc1c(C(=O)N2CCC(CN)C2)cccc1[N+](=O)[O-]. The Kier molecular flexibility index (Phi) is 3.80. The number of rotatable bonds is 3. The van der Waals surface area contributed by atoms with E-state index in [2.05, 4.69) is 0 Å². The Hall–Kier alpha value is -1.95. The number of nitrogens with zero attached hydrogens (tertiary/aromatic N) is 2. The number of likely N-dealkylation sites (tertiary alicyclic amines) is 1. The van der Waals surface area contributed by atoms with Gasteiger partial charge in [0.2, 0.25) is 0 Å². The molecule has 0 bridgehead atoms. The van der Waals surface area contributed by atoms with E-state index in [1.807, 2.05) is 0 Å². The standard InChI is InChI=1S/C13H17N3O3/c1-9-11(3-2-4-12(9)16(18)19)13(17)15-6-5-10(7-14)8-15/h2-4,10H,5-8,14H2,1H3. The molecule has 0 aromatic heterocycles. The lowest BCUT2D eigenvalue weighted by molar-refractivity contribution is -0.385. The highest BCUT2D eigenvalue weighted by atomic mass is 16.6. The molecule has 2 N–H and O–H groups in total. The molecule has 1 unspecified atom stereocenters. The summed E-state index contributed by atoms with van der Waals surface area (Å²) in [5.41, 5.74) is 6.42. The first-order valence-corrected chi connectivity index (χ1v) is 6.28. The van der Waals surface area contributed by atoms with Crippen molar-refractivity contribution in [3.05, 3.63) is 39.4 Å². The first kappa shape index (κ1) is 13.5. The number of nitro benzene ring substituents is 1. The van der Waals surface area contributed by atoms with Crippen molar-refractivity contribution in [1.29, 1.82) is 0 Å². The van der Waals surface area contributed by atoms with Gasteiger partial charge in [0.15, 0.2) is 0 Å². The van der Waals surface area contributed by atoms with Crippen molar-refractivity contribution in [2.75, 3.05) is 19.6 Å². The highest BCUT2D eigenvalue weighted by molar-refractivity contribution is 5.96. The van der Waals surface area contributed by atoms with Gasteiger partial charge in [-0.25, -0.2) is 0 Å². The molecule has 1 fully saturated rings. The molecular weight excluding hydrogens is 246 g/mol. The van der Waals surface area contributed by atoms with Crippen molar-refractivity contribution in [2.45, 2.75) is 13.3 Å². The van der Waals surface area contributed by atoms with Crippen molar-refractivity contribution < 1.29 is 9.72 Å². The molecule has 0 radical (unpaired) electrons. The molecule has 1 heterocycles. The first-order chi connectivity index (χ1) is 9.04. The molecule has 1 saturated heterocycles. The van der Waals surface area contributed by atoms with Gasteiger partial charge in [0.25, 0.3) is 11.6 Å². The second-order valence-electron chi connectivity index (χ2n) is 4.85. The van der Waals surface area contributed by atoms with Gasteiger partial charge in [-0.1, -0.05) is 6.07 Å². The van der Waals surface area contributed by atoms with Gasteiger partial charge in [0.1, 0.15) is 0 Å². The van der Waals surface area contributed by atoms with Crippen molar-refractivity contribution in [2.24, 2.45) is 11.7 Å². The fourth-order valence-electron chi connectivity index (χ4n) is 2.43. The third-order valence-electron chi connectivity index (χ3n) is 3.64.